The topological polar surface area (TPSA) is 83.9 Å². The van der Waals surface area contributed by atoms with Crippen molar-refractivity contribution < 1.29 is 31.9 Å². The monoisotopic (exact) mass is 558 g/mol. The van der Waals surface area contributed by atoms with E-state index in [0.29, 0.717) is 11.6 Å². The molecule has 2 aromatic carbocycles. The highest BCUT2D eigenvalue weighted by atomic mass is 19.3. The number of hydrogen-bond acceptors (Lipinski definition) is 5. The van der Waals surface area contributed by atoms with Crippen LogP contribution in [-0.2, 0) is 13.2 Å². The summed E-state index contributed by atoms with van der Waals surface area (Å²) in [6.45, 7) is 2.12. The first-order valence-electron chi connectivity index (χ1n) is 12.6. The predicted octanol–water partition coefficient (Wildman–Crippen LogP) is 3.80. The number of benzene rings is 2. The van der Waals surface area contributed by atoms with E-state index in [-0.39, 0.29) is 31.1 Å². The van der Waals surface area contributed by atoms with Crippen LogP contribution in [-0.4, -0.2) is 46.1 Å². The molecular weight excluding hydrogens is 532 g/mol. The lowest BCUT2D eigenvalue weighted by Crippen LogP contribution is -2.58. The van der Waals surface area contributed by atoms with Gasteiger partial charge in [0.2, 0.25) is 5.43 Å². The number of aromatic nitrogens is 1. The minimum atomic E-state index is -3.21. The molecule has 2 aliphatic rings. The highest BCUT2D eigenvalue weighted by Crippen LogP contribution is 2.37. The van der Waals surface area contributed by atoms with Crippen LogP contribution in [0.5, 0.6) is 5.75 Å². The third kappa shape index (κ3) is 4.89. The second-order valence-electron chi connectivity index (χ2n) is 9.93. The molecule has 0 aliphatic carbocycles. The van der Waals surface area contributed by atoms with Crippen molar-refractivity contribution in [3.8, 4) is 5.75 Å². The van der Waals surface area contributed by atoms with Gasteiger partial charge in [0.05, 0.1) is 12.1 Å². The molecule has 5 rings (SSSR count). The van der Waals surface area contributed by atoms with E-state index >= 15 is 0 Å². The number of fused-ring (bicyclic) bond motifs is 4. The van der Waals surface area contributed by atoms with Gasteiger partial charge in [-0.3, -0.25) is 24.1 Å². The fraction of sp³-hybridized carbons (Fsp3) is 0.321. The first kappa shape index (κ1) is 27.2. The van der Waals surface area contributed by atoms with Gasteiger partial charge in [0, 0.05) is 30.8 Å². The fourth-order valence-corrected chi connectivity index (χ4v) is 4.91. The molecule has 40 heavy (non-hydrogen) atoms. The zero-order valence-corrected chi connectivity index (χ0v) is 21.7. The number of amides is 2. The first-order chi connectivity index (χ1) is 19.0. The lowest BCUT2D eigenvalue weighted by atomic mass is 10.0. The zero-order chi connectivity index (χ0) is 28.8. The summed E-state index contributed by atoms with van der Waals surface area (Å²) < 4.78 is 64.4. The molecule has 12 heteroatoms. The van der Waals surface area contributed by atoms with Crippen molar-refractivity contribution in [1.82, 2.24) is 14.9 Å². The number of hydrogen-bond donors (Lipinski definition) is 1. The lowest BCUT2D eigenvalue weighted by Gasteiger charge is -2.42. The van der Waals surface area contributed by atoms with Crippen molar-refractivity contribution in [2.24, 2.45) is 0 Å². The number of carbonyl (C=O) groups is 2. The Kier molecular flexibility index (Phi) is 7.03. The highest BCUT2D eigenvalue weighted by Gasteiger charge is 2.51. The van der Waals surface area contributed by atoms with Crippen LogP contribution in [0.4, 0.5) is 17.6 Å². The fourth-order valence-electron chi connectivity index (χ4n) is 4.91. The molecule has 210 valence electrons. The summed E-state index contributed by atoms with van der Waals surface area (Å²) in [6, 6.07) is 9.37. The molecular formula is C28H26F4N4O4. The molecule has 1 fully saturated rings. The maximum atomic E-state index is 15.0. The van der Waals surface area contributed by atoms with E-state index in [2.05, 4.69) is 5.32 Å². The second-order valence-corrected chi connectivity index (χ2v) is 9.93. The Labute approximate surface area is 226 Å². The van der Waals surface area contributed by atoms with Crippen molar-refractivity contribution in [2.45, 2.75) is 51.4 Å². The van der Waals surface area contributed by atoms with Gasteiger partial charge < -0.3 is 15.0 Å². The molecule has 0 spiro atoms. The zero-order valence-electron chi connectivity index (χ0n) is 21.7. The quantitative estimate of drug-likeness (QED) is 0.466. The molecule has 1 aromatic heterocycles. The van der Waals surface area contributed by atoms with E-state index in [1.165, 1.54) is 16.6 Å². The van der Waals surface area contributed by atoms with Gasteiger partial charge in [-0.25, -0.2) is 17.6 Å². The minimum Gasteiger partial charge on any atom is -0.482 e. The van der Waals surface area contributed by atoms with Crippen LogP contribution in [0, 0.1) is 11.6 Å². The number of rotatable bonds is 6. The molecule has 8 nitrogen and oxygen atoms in total. The van der Waals surface area contributed by atoms with Crippen LogP contribution in [0.25, 0.3) is 0 Å². The Bertz CT molecular complexity index is 1530. The number of carbonyl (C=O) groups excluding carboxylic acids is 2. The van der Waals surface area contributed by atoms with Crippen LogP contribution in [0.15, 0.2) is 59.5 Å². The van der Waals surface area contributed by atoms with E-state index in [1.807, 2.05) is 0 Å². The summed E-state index contributed by atoms with van der Waals surface area (Å²) in [5.41, 5.74) is -0.995. The average molecular weight is 559 g/mol. The molecule has 1 N–H and O–H groups in total. The summed E-state index contributed by atoms with van der Waals surface area (Å²) >= 11 is 0. The molecule has 0 unspecified atom stereocenters. The Morgan fingerprint density at radius 1 is 1.10 bits per heavy atom. The molecule has 2 aliphatic heterocycles. The Hall–Kier alpha value is -4.35. The number of ether oxygens (including phenoxy) is 1. The first-order valence-corrected chi connectivity index (χ1v) is 12.6. The summed E-state index contributed by atoms with van der Waals surface area (Å²) in [4.78, 5) is 41.4. The van der Waals surface area contributed by atoms with Gasteiger partial charge in [0.15, 0.2) is 11.4 Å². The maximum Gasteiger partial charge on any atom is 0.278 e. The molecule has 0 radical (unpaired) electrons. The average Bonchev–Trinajstić information content (AvgIpc) is 2.99. The number of halogens is 4. The van der Waals surface area contributed by atoms with E-state index in [0.717, 1.165) is 23.2 Å². The molecule has 2 atom stereocenters. The number of alkyl halides is 2. The summed E-state index contributed by atoms with van der Waals surface area (Å²) in [6.07, 6.45) is 0.540. The van der Waals surface area contributed by atoms with E-state index in [4.69, 9.17) is 4.74 Å². The van der Waals surface area contributed by atoms with Crippen LogP contribution in [0.1, 0.15) is 52.2 Å². The van der Waals surface area contributed by atoms with E-state index in [9.17, 15) is 31.9 Å². The lowest BCUT2D eigenvalue weighted by molar-refractivity contribution is -0.0653. The molecule has 3 heterocycles. The summed E-state index contributed by atoms with van der Waals surface area (Å²) in [7, 11) is 0. The molecule has 2 amide bonds. The van der Waals surface area contributed by atoms with Crippen molar-refractivity contribution in [2.75, 3.05) is 11.7 Å². The Morgan fingerprint density at radius 2 is 1.82 bits per heavy atom. The van der Waals surface area contributed by atoms with Crippen molar-refractivity contribution in [3.05, 3.63) is 99.0 Å². The van der Waals surface area contributed by atoms with E-state index in [1.54, 1.807) is 37.3 Å². The van der Waals surface area contributed by atoms with Crippen molar-refractivity contribution in [3.63, 3.8) is 0 Å². The maximum absolute atomic E-state index is 15.0. The molecule has 1 saturated heterocycles. The van der Waals surface area contributed by atoms with Gasteiger partial charge in [0.1, 0.15) is 30.5 Å². The Balaban J connectivity index is 1.58. The summed E-state index contributed by atoms with van der Waals surface area (Å²) in [5.74, 6) is -7.09. The second kappa shape index (κ2) is 10.3. The van der Waals surface area contributed by atoms with Gasteiger partial charge in [-0.1, -0.05) is 36.4 Å². The number of nitrogens with zero attached hydrogens (tertiary/aromatic N) is 3. The standard InChI is InChI=1S/C28H26F4N4O4/c1-16-11-28(31,32)17(2)34-15-36(16)35-13-21(26(38)33-12-19-8-9-20(29)10-22(19)30)24(37)25(23(35)27(34)39)40-14-18-6-4-3-5-7-18/h3-10,13,16-17H,11-12,14-15H2,1-2H3,(H,33,38)/t16-,17-/m0/s1. The highest BCUT2D eigenvalue weighted by molar-refractivity contribution is 5.99. The van der Waals surface area contributed by atoms with Gasteiger partial charge in [0.25, 0.3) is 17.7 Å². The number of nitrogens with one attached hydrogen (secondary N) is 1. The van der Waals surface area contributed by atoms with Gasteiger partial charge in [-0.15, -0.1) is 0 Å². The normalized spacial score (nSPS) is 19.6. The molecule has 3 aromatic rings. The van der Waals surface area contributed by atoms with Crippen molar-refractivity contribution >= 4 is 11.8 Å². The van der Waals surface area contributed by atoms with Crippen LogP contribution in [0.3, 0.4) is 0 Å². The van der Waals surface area contributed by atoms with Gasteiger partial charge >= 0.3 is 0 Å². The van der Waals surface area contributed by atoms with Crippen molar-refractivity contribution in [1.29, 1.82) is 0 Å². The van der Waals surface area contributed by atoms with Gasteiger partial charge in [-0.05, 0) is 25.5 Å². The summed E-state index contributed by atoms with van der Waals surface area (Å²) in [5, 5.41) is 3.90. The molecule has 0 saturated carbocycles. The van der Waals surface area contributed by atoms with E-state index < -0.39 is 64.6 Å². The molecule has 2 bridgehead atoms. The Morgan fingerprint density at radius 3 is 2.52 bits per heavy atom. The third-order valence-electron chi connectivity index (χ3n) is 7.26. The van der Waals surface area contributed by atoms with Crippen LogP contribution in [0.2, 0.25) is 0 Å². The van der Waals surface area contributed by atoms with Crippen LogP contribution >= 0.6 is 0 Å². The van der Waals surface area contributed by atoms with Crippen LogP contribution < -0.4 is 20.5 Å². The smallest absolute Gasteiger partial charge is 0.278 e. The third-order valence-corrected chi connectivity index (χ3v) is 7.26. The minimum absolute atomic E-state index is 0.0171. The van der Waals surface area contributed by atoms with Gasteiger partial charge in [-0.2, -0.15) is 0 Å². The SMILES string of the molecule is C[C@@H]1N2CN([C@@H](C)CC1(F)F)n1cc(C(=O)NCc3ccc(F)cc3F)c(=O)c(OCc3ccccc3)c1C2=O. The predicted molar refractivity (Wildman–Crippen MR) is 137 cm³/mol. The largest absolute Gasteiger partial charge is 0.482 e. The number of pyridine rings is 1.